The summed E-state index contributed by atoms with van der Waals surface area (Å²) in [5.74, 6) is -1.41. The first kappa shape index (κ1) is 17.9. The lowest BCUT2D eigenvalue weighted by molar-refractivity contribution is -0.138. The van der Waals surface area contributed by atoms with Crippen molar-refractivity contribution in [2.24, 2.45) is 0 Å². The van der Waals surface area contributed by atoms with Crippen LogP contribution in [0.15, 0.2) is 25.3 Å². The van der Waals surface area contributed by atoms with E-state index in [9.17, 15) is 14.4 Å². The van der Waals surface area contributed by atoms with Crippen LogP contribution in [0.1, 0.15) is 19.8 Å². The lowest BCUT2D eigenvalue weighted by atomic mass is 10.3. The minimum Gasteiger partial charge on any atom is -0.481 e. The second-order valence-electron chi connectivity index (χ2n) is 4.15. The Kier molecular flexibility index (Phi) is 8.74. The van der Waals surface area contributed by atoms with Crippen LogP contribution in [0.2, 0.25) is 0 Å². The molecule has 0 saturated carbocycles. The van der Waals surface area contributed by atoms with E-state index in [0.29, 0.717) is 26.1 Å². The van der Waals surface area contributed by atoms with Crippen LogP contribution in [-0.2, 0) is 14.4 Å². The number of carboxylic acids is 1. The summed E-state index contributed by atoms with van der Waals surface area (Å²) in [5.41, 5.74) is 0. The molecular weight excluding hydrogens is 260 g/mol. The van der Waals surface area contributed by atoms with Crippen molar-refractivity contribution in [3.63, 3.8) is 0 Å². The fraction of sp³-hybridized carbons (Fsp3) is 0.500. The van der Waals surface area contributed by atoms with Gasteiger partial charge in [0, 0.05) is 26.2 Å². The summed E-state index contributed by atoms with van der Waals surface area (Å²) in [6, 6.07) is 0. The lowest BCUT2D eigenvalue weighted by Gasteiger charge is -2.23. The molecule has 0 aromatic rings. The topological polar surface area (TPSA) is 77.9 Å². The van der Waals surface area contributed by atoms with Gasteiger partial charge in [-0.15, -0.1) is 0 Å². The standard InChI is InChI=1S/C14H22N2O4/c1-4-12(17)15(6-3)9-7-10-16(13(18)5-2)11-8-14(19)20/h4-5H,1-2,6-11H2,3H3,(H,19,20). The monoisotopic (exact) mass is 282 g/mol. The molecule has 0 aromatic carbocycles. The molecule has 0 unspecified atom stereocenters. The molecule has 0 bridgehead atoms. The van der Waals surface area contributed by atoms with Crippen LogP contribution >= 0.6 is 0 Å². The van der Waals surface area contributed by atoms with Crippen LogP contribution in [0, 0.1) is 0 Å². The maximum Gasteiger partial charge on any atom is 0.305 e. The molecule has 0 rings (SSSR count). The summed E-state index contributed by atoms with van der Waals surface area (Å²) in [5, 5.41) is 8.65. The van der Waals surface area contributed by atoms with Crippen molar-refractivity contribution in [2.75, 3.05) is 26.2 Å². The van der Waals surface area contributed by atoms with Crippen LogP contribution in [0.25, 0.3) is 0 Å². The molecule has 6 heteroatoms. The Morgan fingerprint density at radius 1 is 1.00 bits per heavy atom. The van der Waals surface area contributed by atoms with E-state index in [1.165, 1.54) is 11.0 Å². The van der Waals surface area contributed by atoms with Crippen LogP contribution in [-0.4, -0.2) is 58.9 Å². The molecule has 0 aromatic heterocycles. The molecule has 0 aliphatic rings. The smallest absolute Gasteiger partial charge is 0.305 e. The largest absolute Gasteiger partial charge is 0.481 e. The molecule has 2 amide bonds. The summed E-state index contributed by atoms with van der Waals surface area (Å²) < 4.78 is 0. The zero-order valence-corrected chi connectivity index (χ0v) is 11.9. The van der Waals surface area contributed by atoms with Gasteiger partial charge in [0.25, 0.3) is 0 Å². The highest BCUT2D eigenvalue weighted by Gasteiger charge is 2.13. The van der Waals surface area contributed by atoms with E-state index in [-0.39, 0.29) is 24.8 Å². The number of rotatable bonds is 10. The second-order valence-corrected chi connectivity index (χ2v) is 4.15. The van der Waals surface area contributed by atoms with E-state index >= 15 is 0 Å². The fourth-order valence-electron chi connectivity index (χ4n) is 1.70. The first-order valence-electron chi connectivity index (χ1n) is 6.50. The van der Waals surface area contributed by atoms with E-state index < -0.39 is 5.97 Å². The van der Waals surface area contributed by atoms with Crippen LogP contribution in [0.5, 0.6) is 0 Å². The molecule has 0 fully saturated rings. The first-order chi connectivity index (χ1) is 9.46. The molecule has 112 valence electrons. The predicted octanol–water partition coefficient (Wildman–Crippen LogP) is 0.900. The van der Waals surface area contributed by atoms with Crippen molar-refractivity contribution in [1.82, 2.24) is 9.80 Å². The number of carbonyl (C=O) groups is 3. The average Bonchev–Trinajstić information content (AvgIpc) is 2.44. The van der Waals surface area contributed by atoms with Crippen LogP contribution in [0.4, 0.5) is 0 Å². The Bertz CT molecular complexity index is 379. The van der Waals surface area contributed by atoms with E-state index in [2.05, 4.69) is 13.2 Å². The molecule has 20 heavy (non-hydrogen) atoms. The Balaban J connectivity index is 4.34. The van der Waals surface area contributed by atoms with Gasteiger partial charge >= 0.3 is 5.97 Å². The lowest BCUT2D eigenvalue weighted by Crippen LogP contribution is -2.36. The predicted molar refractivity (Wildman–Crippen MR) is 76.1 cm³/mol. The minimum atomic E-state index is -0.955. The number of hydrogen-bond acceptors (Lipinski definition) is 3. The highest BCUT2D eigenvalue weighted by Crippen LogP contribution is 2.00. The third-order valence-corrected chi connectivity index (χ3v) is 2.81. The van der Waals surface area contributed by atoms with Gasteiger partial charge in [0.1, 0.15) is 0 Å². The Hall–Kier alpha value is -2.11. The molecule has 6 nitrogen and oxygen atoms in total. The Labute approximate surface area is 119 Å². The third-order valence-electron chi connectivity index (χ3n) is 2.81. The average molecular weight is 282 g/mol. The second kappa shape index (κ2) is 9.77. The number of hydrogen-bond donors (Lipinski definition) is 1. The normalized spacial score (nSPS) is 9.65. The number of carboxylic acid groups (broad SMARTS) is 1. The van der Waals surface area contributed by atoms with Gasteiger partial charge in [0.2, 0.25) is 11.8 Å². The zero-order valence-electron chi connectivity index (χ0n) is 11.9. The summed E-state index contributed by atoms with van der Waals surface area (Å²) in [7, 11) is 0. The van der Waals surface area contributed by atoms with Crippen molar-refractivity contribution < 1.29 is 19.5 Å². The number of likely N-dealkylation sites (N-methyl/N-ethyl adjacent to an activating group) is 1. The molecule has 0 aliphatic heterocycles. The SMILES string of the molecule is C=CC(=O)N(CC)CCCN(CCC(=O)O)C(=O)C=C. The minimum absolute atomic E-state index is 0.108. The summed E-state index contributed by atoms with van der Waals surface area (Å²) in [6.07, 6.45) is 2.88. The highest BCUT2D eigenvalue weighted by atomic mass is 16.4. The Morgan fingerprint density at radius 3 is 1.95 bits per heavy atom. The molecule has 0 spiro atoms. The number of nitrogens with zero attached hydrogens (tertiary/aromatic N) is 2. The van der Waals surface area contributed by atoms with Gasteiger partial charge in [-0.25, -0.2) is 0 Å². The molecule has 0 saturated heterocycles. The van der Waals surface area contributed by atoms with Gasteiger partial charge in [-0.2, -0.15) is 0 Å². The maximum atomic E-state index is 11.6. The number of amides is 2. The Morgan fingerprint density at radius 2 is 1.50 bits per heavy atom. The summed E-state index contributed by atoms with van der Waals surface area (Å²) in [6.45, 7) is 10.3. The van der Waals surface area contributed by atoms with Crippen molar-refractivity contribution in [2.45, 2.75) is 19.8 Å². The van der Waals surface area contributed by atoms with Gasteiger partial charge < -0.3 is 14.9 Å². The van der Waals surface area contributed by atoms with Crippen molar-refractivity contribution in [3.8, 4) is 0 Å². The molecule has 1 N–H and O–H groups in total. The van der Waals surface area contributed by atoms with Gasteiger partial charge in [0.05, 0.1) is 6.42 Å². The van der Waals surface area contributed by atoms with Crippen molar-refractivity contribution in [1.29, 1.82) is 0 Å². The van der Waals surface area contributed by atoms with Gasteiger partial charge in [-0.3, -0.25) is 14.4 Å². The molecular formula is C14H22N2O4. The van der Waals surface area contributed by atoms with E-state index in [1.807, 2.05) is 6.92 Å². The van der Waals surface area contributed by atoms with Gasteiger partial charge in [-0.1, -0.05) is 13.2 Å². The summed E-state index contributed by atoms with van der Waals surface area (Å²) >= 11 is 0. The van der Waals surface area contributed by atoms with E-state index in [1.54, 1.807) is 4.90 Å². The third kappa shape index (κ3) is 6.72. The first-order valence-corrected chi connectivity index (χ1v) is 6.50. The van der Waals surface area contributed by atoms with Gasteiger partial charge in [-0.05, 0) is 25.5 Å². The number of aliphatic carboxylic acids is 1. The van der Waals surface area contributed by atoms with E-state index in [4.69, 9.17) is 5.11 Å². The van der Waals surface area contributed by atoms with Gasteiger partial charge in [0.15, 0.2) is 0 Å². The molecule has 0 radical (unpaired) electrons. The van der Waals surface area contributed by atoms with Crippen molar-refractivity contribution >= 4 is 17.8 Å². The van der Waals surface area contributed by atoms with Crippen molar-refractivity contribution in [3.05, 3.63) is 25.3 Å². The van der Waals surface area contributed by atoms with Crippen LogP contribution in [0.3, 0.4) is 0 Å². The molecule has 0 heterocycles. The maximum absolute atomic E-state index is 11.6. The quantitative estimate of drug-likeness (QED) is 0.604. The van der Waals surface area contributed by atoms with E-state index in [0.717, 1.165) is 6.08 Å². The molecule has 0 atom stereocenters. The van der Waals surface area contributed by atoms with Crippen LogP contribution < -0.4 is 0 Å². The fourth-order valence-corrected chi connectivity index (χ4v) is 1.70. The zero-order chi connectivity index (χ0) is 15.5. The highest BCUT2D eigenvalue weighted by molar-refractivity contribution is 5.87. The molecule has 0 aliphatic carbocycles. The summed E-state index contributed by atoms with van der Waals surface area (Å²) in [4.78, 5) is 36.6. The number of carbonyl (C=O) groups excluding carboxylic acids is 2.